The maximum atomic E-state index is 4.82. The molecule has 0 aromatic carbocycles. The van der Waals surface area contributed by atoms with Crippen LogP contribution in [0.4, 0.5) is 5.95 Å². The van der Waals surface area contributed by atoms with Crippen LogP contribution in [-0.4, -0.2) is 52.3 Å². The van der Waals surface area contributed by atoms with E-state index < -0.39 is 0 Å². The van der Waals surface area contributed by atoms with Gasteiger partial charge in [0, 0.05) is 19.1 Å². The average Bonchev–Trinajstić information content (AvgIpc) is 2.99. The maximum absolute atomic E-state index is 4.82. The topological polar surface area (TPSA) is 45.2 Å². The van der Waals surface area contributed by atoms with Crippen LogP contribution in [0.15, 0.2) is 0 Å². The van der Waals surface area contributed by atoms with Gasteiger partial charge in [0.05, 0.1) is 11.4 Å². The Hall–Kier alpha value is -1.23. The largest absolute Gasteiger partial charge is 0.338 e. The number of anilines is 1. The molecule has 1 atom stereocenters. The molecule has 3 rings (SSSR count). The highest BCUT2D eigenvalue weighted by Gasteiger charge is 2.27. The molecule has 0 radical (unpaired) electrons. The summed E-state index contributed by atoms with van der Waals surface area (Å²) < 4.78 is 0. The van der Waals surface area contributed by atoms with Gasteiger partial charge in [0.15, 0.2) is 0 Å². The monoisotopic (exact) mass is 303 g/mol. The summed E-state index contributed by atoms with van der Waals surface area (Å²) >= 11 is 0. The maximum Gasteiger partial charge on any atom is 0.245 e. The second-order valence-electron chi connectivity index (χ2n) is 6.55. The fourth-order valence-corrected chi connectivity index (χ4v) is 3.77. The van der Waals surface area contributed by atoms with Crippen molar-refractivity contribution >= 4 is 5.95 Å². The quantitative estimate of drug-likeness (QED) is 0.855. The van der Waals surface area contributed by atoms with Gasteiger partial charge >= 0.3 is 0 Å². The Morgan fingerprint density at radius 1 is 0.909 bits per heavy atom. The number of aryl methyl sites for hydroxylation is 2. The Kier molecular flexibility index (Phi) is 5.24. The summed E-state index contributed by atoms with van der Waals surface area (Å²) in [5, 5.41) is 8.86. The van der Waals surface area contributed by atoms with E-state index in [-0.39, 0.29) is 0 Å². The van der Waals surface area contributed by atoms with Crippen LogP contribution >= 0.6 is 0 Å². The van der Waals surface area contributed by atoms with Crippen LogP contribution in [0.3, 0.4) is 0 Å². The number of rotatable bonds is 4. The lowest BCUT2D eigenvalue weighted by Gasteiger charge is -2.30. The molecule has 122 valence electrons. The minimum atomic E-state index is 0.671. The van der Waals surface area contributed by atoms with Crippen LogP contribution in [0, 0.1) is 0 Å². The summed E-state index contributed by atoms with van der Waals surface area (Å²) in [5.41, 5.74) is 2.17. The predicted molar refractivity (Wildman–Crippen MR) is 89.2 cm³/mol. The summed E-state index contributed by atoms with van der Waals surface area (Å²) in [6, 6.07) is 0.671. The zero-order valence-electron chi connectivity index (χ0n) is 14.1. The van der Waals surface area contributed by atoms with Gasteiger partial charge in [-0.25, -0.2) is 4.98 Å². The molecule has 0 N–H and O–H groups in total. The van der Waals surface area contributed by atoms with Gasteiger partial charge in [0.1, 0.15) is 0 Å². The molecular formula is C17H29N5. The van der Waals surface area contributed by atoms with Crippen molar-refractivity contribution in [2.24, 2.45) is 0 Å². The van der Waals surface area contributed by atoms with Crippen molar-refractivity contribution in [2.75, 3.05) is 31.1 Å². The first-order chi connectivity index (χ1) is 10.8. The Morgan fingerprint density at radius 3 is 2.36 bits per heavy atom. The van der Waals surface area contributed by atoms with Crippen molar-refractivity contribution in [2.45, 2.75) is 64.8 Å². The lowest BCUT2D eigenvalue weighted by molar-refractivity contribution is 0.236. The second-order valence-corrected chi connectivity index (χ2v) is 6.55. The Morgan fingerprint density at radius 2 is 1.64 bits per heavy atom. The number of hydrogen-bond acceptors (Lipinski definition) is 5. The van der Waals surface area contributed by atoms with E-state index in [1.807, 2.05) is 0 Å². The summed E-state index contributed by atoms with van der Waals surface area (Å²) in [7, 11) is 0. The van der Waals surface area contributed by atoms with Gasteiger partial charge in [-0.1, -0.05) is 20.3 Å². The number of hydrogen-bond donors (Lipinski definition) is 0. The fourth-order valence-electron chi connectivity index (χ4n) is 3.77. The van der Waals surface area contributed by atoms with Crippen LogP contribution in [-0.2, 0) is 12.8 Å². The van der Waals surface area contributed by atoms with E-state index in [1.165, 1.54) is 45.2 Å². The molecule has 2 aliphatic heterocycles. The van der Waals surface area contributed by atoms with Gasteiger partial charge in [0.25, 0.3) is 0 Å². The van der Waals surface area contributed by atoms with Crippen LogP contribution in [0.25, 0.3) is 0 Å². The third-order valence-electron chi connectivity index (χ3n) is 5.08. The molecule has 5 heteroatoms. The number of likely N-dealkylation sites (tertiary alicyclic amines) is 1. The predicted octanol–water partition coefficient (Wildman–Crippen LogP) is 2.45. The molecule has 0 aliphatic carbocycles. The lowest BCUT2D eigenvalue weighted by atomic mass is 10.1. The molecule has 0 amide bonds. The molecule has 0 saturated carbocycles. The molecule has 22 heavy (non-hydrogen) atoms. The molecular weight excluding hydrogens is 274 g/mol. The van der Waals surface area contributed by atoms with E-state index in [1.54, 1.807) is 0 Å². The van der Waals surface area contributed by atoms with Crippen molar-refractivity contribution in [1.29, 1.82) is 0 Å². The van der Waals surface area contributed by atoms with Gasteiger partial charge in [-0.05, 0) is 51.6 Å². The van der Waals surface area contributed by atoms with Crippen LogP contribution < -0.4 is 4.90 Å². The SMILES string of the molecule is CCc1nnc(N2CCCCC(N3CCCC3)C2)nc1CC. The van der Waals surface area contributed by atoms with Crippen molar-refractivity contribution in [1.82, 2.24) is 20.1 Å². The highest BCUT2D eigenvalue weighted by Crippen LogP contribution is 2.22. The van der Waals surface area contributed by atoms with Crippen LogP contribution in [0.5, 0.6) is 0 Å². The molecule has 2 fully saturated rings. The first-order valence-electron chi connectivity index (χ1n) is 9.03. The van der Waals surface area contributed by atoms with E-state index in [2.05, 4.69) is 33.8 Å². The normalized spacial score (nSPS) is 23.7. The Labute approximate surface area is 134 Å². The molecule has 2 aliphatic rings. The van der Waals surface area contributed by atoms with Gasteiger partial charge in [0.2, 0.25) is 5.95 Å². The molecule has 5 nitrogen and oxygen atoms in total. The average molecular weight is 303 g/mol. The van der Waals surface area contributed by atoms with Gasteiger partial charge in [-0.3, -0.25) is 4.90 Å². The van der Waals surface area contributed by atoms with Crippen molar-refractivity contribution < 1.29 is 0 Å². The minimum absolute atomic E-state index is 0.671. The van der Waals surface area contributed by atoms with Crippen LogP contribution in [0.1, 0.15) is 57.3 Å². The molecule has 3 heterocycles. The van der Waals surface area contributed by atoms with E-state index in [0.717, 1.165) is 43.3 Å². The standard InChI is InChI=1S/C17H29N5/c1-3-15-16(4-2)19-20-17(18-15)22-12-6-5-9-14(13-22)21-10-7-8-11-21/h14H,3-13H2,1-2H3. The Balaban J connectivity index is 1.77. The van der Waals surface area contributed by atoms with E-state index >= 15 is 0 Å². The first-order valence-corrected chi connectivity index (χ1v) is 9.03. The molecule has 2 saturated heterocycles. The fraction of sp³-hybridized carbons (Fsp3) is 0.824. The number of nitrogens with zero attached hydrogens (tertiary/aromatic N) is 5. The first kappa shape index (κ1) is 15.7. The van der Waals surface area contributed by atoms with Crippen LogP contribution in [0.2, 0.25) is 0 Å². The third-order valence-corrected chi connectivity index (χ3v) is 5.08. The minimum Gasteiger partial charge on any atom is -0.338 e. The zero-order valence-corrected chi connectivity index (χ0v) is 14.1. The summed E-state index contributed by atoms with van der Waals surface area (Å²) in [6.07, 6.45) is 8.45. The molecule has 0 bridgehead atoms. The molecule has 1 aromatic rings. The highest BCUT2D eigenvalue weighted by molar-refractivity contribution is 5.31. The summed E-state index contributed by atoms with van der Waals surface area (Å²) in [5.74, 6) is 0.847. The summed E-state index contributed by atoms with van der Waals surface area (Å²) in [4.78, 5) is 9.87. The van der Waals surface area contributed by atoms with E-state index in [4.69, 9.17) is 4.98 Å². The van der Waals surface area contributed by atoms with Gasteiger partial charge < -0.3 is 4.90 Å². The molecule has 0 spiro atoms. The van der Waals surface area contributed by atoms with Gasteiger partial charge in [-0.2, -0.15) is 5.10 Å². The second kappa shape index (κ2) is 7.36. The Bertz CT molecular complexity index is 484. The molecule has 1 unspecified atom stereocenters. The van der Waals surface area contributed by atoms with Crippen molar-refractivity contribution in [3.05, 3.63) is 11.4 Å². The molecule has 1 aromatic heterocycles. The number of aromatic nitrogens is 3. The van der Waals surface area contributed by atoms with Gasteiger partial charge in [-0.15, -0.1) is 5.10 Å². The smallest absolute Gasteiger partial charge is 0.245 e. The van der Waals surface area contributed by atoms with E-state index in [0.29, 0.717) is 6.04 Å². The van der Waals surface area contributed by atoms with E-state index in [9.17, 15) is 0 Å². The van der Waals surface area contributed by atoms with Crippen molar-refractivity contribution in [3.8, 4) is 0 Å². The third kappa shape index (κ3) is 3.40. The van der Waals surface area contributed by atoms with Crippen molar-refractivity contribution in [3.63, 3.8) is 0 Å². The lowest BCUT2D eigenvalue weighted by Crippen LogP contribution is -2.42. The zero-order chi connectivity index (χ0) is 15.4. The highest BCUT2D eigenvalue weighted by atomic mass is 15.3. The summed E-state index contributed by atoms with van der Waals surface area (Å²) in [6.45, 7) is 8.96.